The third-order valence-corrected chi connectivity index (χ3v) is 4.51. The number of nitrogens with zero attached hydrogens (tertiary/aromatic N) is 4. The SMILES string of the molecule is CN=C(NCCCn1ccnc1)NCCc1nc(C)c(C)s1.I. The van der Waals surface area contributed by atoms with Gasteiger partial charge in [0.15, 0.2) is 5.96 Å². The van der Waals surface area contributed by atoms with Gasteiger partial charge in [-0.15, -0.1) is 35.3 Å². The average Bonchev–Trinajstić information content (AvgIpc) is 3.12. The molecule has 0 amide bonds. The van der Waals surface area contributed by atoms with Gasteiger partial charge < -0.3 is 15.2 Å². The van der Waals surface area contributed by atoms with Crippen LogP contribution >= 0.6 is 35.3 Å². The van der Waals surface area contributed by atoms with Crippen LogP contribution in [0.25, 0.3) is 0 Å². The summed E-state index contributed by atoms with van der Waals surface area (Å²) >= 11 is 1.77. The number of imidazole rings is 1. The van der Waals surface area contributed by atoms with Gasteiger partial charge in [-0.05, 0) is 20.3 Å². The Bertz CT molecular complexity index is 574. The zero-order valence-electron chi connectivity index (χ0n) is 13.9. The standard InChI is InChI=1S/C15H24N6S.HI/c1-12-13(2)22-14(20-12)5-7-19-15(16-3)18-6-4-9-21-10-8-17-11-21;/h8,10-11H,4-7,9H2,1-3H3,(H2,16,18,19);1H. The molecule has 2 N–H and O–H groups in total. The minimum atomic E-state index is 0. The first kappa shape index (κ1) is 19.9. The van der Waals surface area contributed by atoms with Gasteiger partial charge in [0.1, 0.15) is 0 Å². The van der Waals surface area contributed by atoms with Gasteiger partial charge >= 0.3 is 0 Å². The summed E-state index contributed by atoms with van der Waals surface area (Å²) < 4.78 is 2.07. The van der Waals surface area contributed by atoms with Gasteiger partial charge in [-0.3, -0.25) is 4.99 Å². The van der Waals surface area contributed by atoms with Gasteiger partial charge in [-0.2, -0.15) is 0 Å². The van der Waals surface area contributed by atoms with Crippen LogP contribution in [0.2, 0.25) is 0 Å². The third-order valence-electron chi connectivity index (χ3n) is 3.37. The summed E-state index contributed by atoms with van der Waals surface area (Å²) in [7, 11) is 1.79. The topological polar surface area (TPSA) is 67.1 Å². The molecule has 0 atom stereocenters. The minimum absolute atomic E-state index is 0. The lowest BCUT2D eigenvalue weighted by molar-refractivity contribution is 0.624. The van der Waals surface area contributed by atoms with E-state index in [1.54, 1.807) is 24.6 Å². The van der Waals surface area contributed by atoms with Crippen LogP contribution in [0.4, 0.5) is 0 Å². The van der Waals surface area contributed by atoms with Gasteiger partial charge in [0.05, 0.1) is 17.0 Å². The van der Waals surface area contributed by atoms with Crippen molar-refractivity contribution < 1.29 is 0 Å². The number of hydrogen-bond acceptors (Lipinski definition) is 4. The second kappa shape index (κ2) is 10.6. The zero-order valence-corrected chi connectivity index (χ0v) is 17.0. The predicted octanol–water partition coefficient (Wildman–Crippen LogP) is 2.37. The number of guanidine groups is 1. The normalized spacial score (nSPS) is 11.2. The number of aryl methyl sites for hydroxylation is 3. The van der Waals surface area contributed by atoms with Crippen LogP contribution in [0.15, 0.2) is 23.7 Å². The van der Waals surface area contributed by atoms with Crippen molar-refractivity contribution in [2.24, 2.45) is 4.99 Å². The van der Waals surface area contributed by atoms with E-state index in [1.807, 2.05) is 12.5 Å². The number of halogens is 1. The molecule has 23 heavy (non-hydrogen) atoms. The molecule has 2 heterocycles. The molecule has 0 aliphatic rings. The summed E-state index contributed by atoms with van der Waals surface area (Å²) in [4.78, 5) is 14.1. The summed E-state index contributed by atoms with van der Waals surface area (Å²) in [6, 6.07) is 0. The molecule has 0 spiro atoms. The van der Waals surface area contributed by atoms with E-state index in [4.69, 9.17) is 0 Å². The molecule has 0 aromatic carbocycles. The molecular weight excluding hydrogens is 423 g/mol. The maximum absolute atomic E-state index is 4.55. The molecule has 2 aromatic heterocycles. The van der Waals surface area contributed by atoms with E-state index < -0.39 is 0 Å². The first-order valence-corrected chi connectivity index (χ1v) is 8.34. The lowest BCUT2D eigenvalue weighted by atomic mass is 10.4. The number of rotatable bonds is 7. The van der Waals surface area contributed by atoms with E-state index in [-0.39, 0.29) is 24.0 Å². The Morgan fingerprint density at radius 2 is 2.09 bits per heavy atom. The quantitative estimate of drug-likeness (QED) is 0.296. The van der Waals surface area contributed by atoms with Crippen molar-refractivity contribution >= 4 is 41.3 Å². The number of hydrogen-bond donors (Lipinski definition) is 2. The van der Waals surface area contributed by atoms with Crippen LogP contribution in [-0.2, 0) is 13.0 Å². The largest absolute Gasteiger partial charge is 0.356 e. The molecule has 0 radical (unpaired) electrons. The monoisotopic (exact) mass is 448 g/mol. The smallest absolute Gasteiger partial charge is 0.190 e. The summed E-state index contributed by atoms with van der Waals surface area (Å²) in [5.41, 5.74) is 1.14. The predicted molar refractivity (Wildman–Crippen MR) is 107 cm³/mol. The van der Waals surface area contributed by atoms with Crippen molar-refractivity contribution in [3.8, 4) is 0 Å². The van der Waals surface area contributed by atoms with Crippen molar-refractivity contribution in [2.75, 3.05) is 20.1 Å². The van der Waals surface area contributed by atoms with Gasteiger partial charge in [0.2, 0.25) is 0 Å². The first-order chi connectivity index (χ1) is 10.7. The number of nitrogens with one attached hydrogen (secondary N) is 2. The Morgan fingerprint density at radius 3 is 2.70 bits per heavy atom. The molecule has 0 aliphatic heterocycles. The number of aromatic nitrogens is 3. The maximum atomic E-state index is 4.55. The average molecular weight is 448 g/mol. The molecular formula is C15H25IN6S. The fourth-order valence-corrected chi connectivity index (χ4v) is 2.98. The molecule has 0 bridgehead atoms. The van der Waals surface area contributed by atoms with Crippen molar-refractivity contribution in [1.29, 1.82) is 0 Å². The molecule has 6 nitrogen and oxygen atoms in total. The van der Waals surface area contributed by atoms with E-state index in [1.165, 1.54) is 9.88 Å². The van der Waals surface area contributed by atoms with Gasteiger partial charge in [0, 0.05) is 50.4 Å². The Balaban J connectivity index is 0.00000264. The Hall–Kier alpha value is -1.16. The second-order valence-corrected chi connectivity index (χ2v) is 6.37. The molecule has 0 unspecified atom stereocenters. The van der Waals surface area contributed by atoms with Crippen LogP contribution in [0.1, 0.15) is 22.0 Å². The van der Waals surface area contributed by atoms with Crippen LogP contribution in [0, 0.1) is 13.8 Å². The third kappa shape index (κ3) is 6.86. The molecule has 0 saturated heterocycles. The van der Waals surface area contributed by atoms with E-state index >= 15 is 0 Å². The summed E-state index contributed by atoms with van der Waals surface area (Å²) in [5.74, 6) is 0.843. The highest BCUT2D eigenvalue weighted by molar-refractivity contribution is 14.0. The summed E-state index contributed by atoms with van der Waals surface area (Å²) in [6.07, 6.45) is 7.57. The van der Waals surface area contributed by atoms with Gasteiger partial charge in [-0.1, -0.05) is 0 Å². The van der Waals surface area contributed by atoms with Gasteiger partial charge in [0.25, 0.3) is 0 Å². The first-order valence-electron chi connectivity index (χ1n) is 7.52. The van der Waals surface area contributed by atoms with E-state index in [0.29, 0.717) is 0 Å². The van der Waals surface area contributed by atoms with Crippen LogP contribution in [0.5, 0.6) is 0 Å². The van der Waals surface area contributed by atoms with E-state index in [2.05, 4.69) is 44.0 Å². The number of aliphatic imine (C=N–C) groups is 1. The highest BCUT2D eigenvalue weighted by Crippen LogP contribution is 2.16. The zero-order chi connectivity index (χ0) is 15.8. The van der Waals surface area contributed by atoms with Crippen molar-refractivity contribution in [2.45, 2.75) is 33.2 Å². The van der Waals surface area contributed by atoms with E-state index in [0.717, 1.165) is 44.1 Å². The molecule has 0 fully saturated rings. The lowest BCUT2D eigenvalue weighted by Gasteiger charge is -2.11. The molecule has 128 valence electrons. The van der Waals surface area contributed by atoms with Crippen molar-refractivity contribution in [1.82, 2.24) is 25.2 Å². The van der Waals surface area contributed by atoms with Crippen LogP contribution in [-0.4, -0.2) is 40.6 Å². The highest BCUT2D eigenvalue weighted by atomic mass is 127. The fraction of sp³-hybridized carbons (Fsp3) is 0.533. The van der Waals surface area contributed by atoms with Crippen molar-refractivity contribution in [3.63, 3.8) is 0 Å². The molecule has 0 saturated carbocycles. The fourth-order valence-electron chi connectivity index (χ4n) is 2.04. The van der Waals surface area contributed by atoms with Crippen LogP contribution < -0.4 is 10.6 Å². The van der Waals surface area contributed by atoms with Crippen LogP contribution in [0.3, 0.4) is 0 Å². The molecule has 0 aliphatic carbocycles. The highest BCUT2D eigenvalue weighted by Gasteiger charge is 2.04. The second-order valence-electron chi connectivity index (χ2n) is 5.08. The Labute approximate surface area is 158 Å². The molecule has 2 rings (SSSR count). The lowest BCUT2D eigenvalue weighted by Crippen LogP contribution is -2.38. The maximum Gasteiger partial charge on any atom is 0.190 e. The Kier molecular flexibility index (Phi) is 9.15. The number of thiazole rings is 1. The molecule has 8 heteroatoms. The van der Waals surface area contributed by atoms with E-state index in [9.17, 15) is 0 Å². The summed E-state index contributed by atoms with van der Waals surface area (Å²) in [5, 5.41) is 7.83. The molecule has 2 aromatic rings. The van der Waals surface area contributed by atoms with Crippen molar-refractivity contribution in [3.05, 3.63) is 34.3 Å². The van der Waals surface area contributed by atoms with Gasteiger partial charge in [-0.25, -0.2) is 9.97 Å². The Morgan fingerprint density at radius 1 is 1.30 bits per heavy atom. The minimum Gasteiger partial charge on any atom is -0.356 e. The summed E-state index contributed by atoms with van der Waals surface area (Å²) in [6.45, 7) is 6.86.